The maximum absolute atomic E-state index is 12.1. The van der Waals surface area contributed by atoms with E-state index in [9.17, 15) is 13.2 Å². The van der Waals surface area contributed by atoms with Gasteiger partial charge < -0.3 is 4.90 Å². The molecule has 1 aliphatic heterocycles. The highest BCUT2D eigenvalue weighted by molar-refractivity contribution is 7.88. The van der Waals surface area contributed by atoms with Crippen LogP contribution in [0.4, 0.5) is 0 Å². The molecule has 2 rings (SSSR count). The lowest BCUT2D eigenvalue weighted by molar-refractivity contribution is -0.131. The second-order valence-corrected chi connectivity index (χ2v) is 7.79. The van der Waals surface area contributed by atoms with Crippen molar-refractivity contribution in [2.45, 2.75) is 26.2 Å². The maximum Gasteiger partial charge on any atom is 0.237 e. The summed E-state index contributed by atoms with van der Waals surface area (Å²) < 4.78 is 24.4. The number of likely N-dealkylation sites (tertiary alicyclic amines) is 1. The summed E-state index contributed by atoms with van der Waals surface area (Å²) in [4.78, 5) is 18.1. The van der Waals surface area contributed by atoms with Crippen LogP contribution >= 0.6 is 0 Å². The molecule has 122 valence electrons. The van der Waals surface area contributed by atoms with Crippen LogP contribution in [0, 0.1) is 12.8 Å². The monoisotopic (exact) mass is 325 g/mol. The van der Waals surface area contributed by atoms with Gasteiger partial charge in [-0.15, -0.1) is 0 Å². The van der Waals surface area contributed by atoms with Gasteiger partial charge in [-0.3, -0.25) is 9.78 Å². The molecule has 0 spiro atoms. The number of carbonyl (C=O) groups is 1. The molecule has 1 amide bonds. The van der Waals surface area contributed by atoms with Crippen LogP contribution < -0.4 is 4.72 Å². The number of nitrogens with zero attached hydrogens (tertiary/aromatic N) is 2. The van der Waals surface area contributed by atoms with Crippen molar-refractivity contribution in [3.8, 4) is 0 Å². The van der Waals surface area contributed by atoms with Gasteiger partial charge in [-0.05, 0) is 43.7 Å². The van der Waals surface area contributed by atoms with Crippen LogP contribution in [0.5, 0.6) is 0 Å². The lowest BCUT2D eigenvalue weighted by Crippen LogP contribution is -2.45. The smallest absolute Gasteiger partial charge is 0.237 e. The van der Waals surface area contributed by atoms with Gasteiger partial charge in [0.15, 0.2) is 0 Å². The summed E-state index contributed by atoms with van der Waals surface area (Å²) in [6, 6.07) is 4.07. The first-order valence-electron chi connectivity index (χ1n) is 7.47. The highest BCUT2D eigenvalue weighted by atomic mass is 32.2. The average molecular weight is 325 g/mol. The van der Waals surface area contributed by atoms with Crippen LogP contribution in [-0.4, -0.2) is 50.1 Å². The lowest BCUT2D eigenvalue weighted by Gasteiger charge is -2.33. The van der Waals surface area contributed by atoms with E-state index in [4.69, 9.17) is 0 Å². The van der Waals surface area contributed by atoms with Crippen molar-refractivity contribution in [1.82, 2.24) is 14.6 Å². The Hall–Kier alpha value is -1.47. The molecule has 22 heavy (non-hydrogen) atoms. The number of nitrogens with one attached hydrogen (secondary N) is 1. The topological polar surface area (TPSA) is 79.4 Å². The van der Waals surface area contributed by atoms with Gasteiger partial charge in [-0.1, -0.05) is 6.07 Å². The molecule has 1 aromatic rings. The largest absolute Gasteiger partial charge is 0.341 e. The molecule has 0 bridgehead atoms. The molecular weight excluding hydrogens is 302 g/mol. The number of aryl methyl sites for hydroxylation is 1. The second kappa shape index (κ2) is 7.19. The first-order chi connectivity index (χ1) is 10.3. The number of amides is 1. The van der Waals surface area contributed by atoms with E-state index in [0.29, 0.717) is 19.0 Å². The van der Waals surface area contributed by atoms with E-state index < -0.39 is 10.0 Å². The standard InChI is InChI=1S/C15H23N3O3S/c1-12-5-6-13(9-16-12)8-14-4-3-7-18(11-14)15(19)10-17-22(2,20)21/h5-6,9,14,17H,3-4,7-8,10-11H2,1-2H3. The van der Waals surface area contributed by atoms with Crippen LogP contribution in [0.2, 0.25) is 0 Å². The zero-order valence-electron chi connectivity index (χ0n) is 13.1. The van der Waals surface area contributed by atoms with Crippen LogP contribution in [0.15, 0.2) is 18.3 Å². The van der Waals surface area contributed by atoms with E-state index in [1.807, 2.05) is 19.2 Å². The summed E-state index contributed by atoms with van der Waals surface area (Å²) in [5.74, 6) is 0.248. The zero-order valence-corrected chi connectivity index (χ0v) is 13.9. The molecule has 1 aliphatic rings. The van der Waals surface area contributed by atoms with Gasteiger partial charge in [0.2, 0.25) is 15.9 Å². The van der Waals surface area contributed by atoms with Gasteiger partial charge in [0, 0.05) is 25.0 Å². The molecule has 2 heterocycles. The van der Waals surface area contributed by atoms with Crippen molar-refractivity contribution >= 4 is 15.9 Å². The molecule has 0 aliphatic carbocycles. The summed E-state index contributed by atoms with van der Waals surface area (Å²) >= 11 is 0. The summed E-state index contributed by atoms with van der Waals surface area (Å²) in [6.07, 6.45) is 5.88. The number of carbonyl (C=O) groups excluding carboxylic acids is 1. The normalized spacial score (nSPS) is 19.2. The van der Waals surface area contributed by atoms with Gasteiger partial charge in [-0.25, -0.2) is 13.1 Å². The first kappa shape index (κ1) is 16.9. The first-order valence-corrected chi connectivity index (χ1v) is 9.36. The highest BCUT2D eigenvalue weighted by Gasteiger charge is 2.24. The molecule has 1 atom stereocenters. The number of sulfonamides is 1. The van der Waals surface area contributed by atoms with E-state index in [-0.39, 0.29) is 12.5 Å². The number of pyridine rings is 1. The maximum atomic E-state index is 12.1. The SMILES string of the molecule is Cc1ccc(CC2CCCN(C(=O)CNS(C)(=O)=O)C2)cn1. The predicted molar refractivity (Wildman–Crippen MR) is 84.8 cm³/mol. The molecule has 1 aromatic heterocycles. The van der Waals surface area contributed by atoms with Gasteiger partial charge in [0.05, 0.1) is 12.8 Å². The third-order valence-electron chi connectivity index (χ3n) is 3.85. The van der Waals surface area contributed by atoms with E-state index in [2.05, 4.69) is 15.8 Å². The Bertz CT molecular complexity index is 613. The Morgan fingerprint density at radius 1 is 1.45 bits per heavy atom. The Kier molecular flexibility index (Phi) is 5.52. The predicted octanol–water partition coefficient (Wildman–Crippen LogP) is 0.720. The fourth-order valence-electron chi connectivity index (χ4n) is 2.72. The summed E-state index contributed by atoms with van der Waals surface area (Å²) in [5.41, 5.74) is 2.18. The van der Waals surface area contributed by atoms with Gasteiger partial charge in [0.1, 0.15) is 0 Å². The number of hydrogen-bond donors (Lipinski definition) is 1. The fraction of sp³-hybridized carbons (Fsp3) is 0.600. The number of hydrogen-bond acceptors (Lipinski definition) is 4. The second-order valence-electron chi connectivity index (χ2n) is 5.95. The van der Waals surface area contributed by atoms with Gasteiger partial charge in [0.25, 0.3) is 0 Å². The van der Waals surface area contributed by atoms with Crippen LogP contribution in [-0.2, 0) is 21.2 Å². The van der Waals surface area contributed by atoms with Crippen molar-refractivity contribution in [3.63, 3.8) is 0 Å². The van der Waals surface area contributed by atoms with E-state index >= 15 is 0 Å². The Morgan fingerprint density at radius 3 is 2.86 bits per heavy atom. The van der Waals surface area contributed by atoms with E-state index in [1.54, 1.807) is 4.90 Å². The fourth-order valence-corrected chi connectivity index (χ4v) is 3.10. The minimum absolute atomic E-state index is 0.155. The number of piperidine rings is 1. The van der Waals surface area contributed by atoms with Crippen molar-refractivity contribution in [1.29, 1.82) is 0 Å². The Labute approximate surface area is 132 Å². The minimum atomic E-state index is -3.33. The molecular formula is C15H23N3O3S. The average Bonchev–Trinajstić information content (AvgIpc) is 2.47. The van der Waals surface area contributed by atoms with Crippen LogP contribution in [0.25, 0.3) is 0 Å². The molecule has 0 aromatic carbocycles. The minimum Gasteiger partial charge on any atom is -0.341 e. The summed E-state index contributed by atoms with van der Waals surface area (Å²) in [7, 11) is -3.33. The molecule has 1 N–H and O–H groups in total. The van der Waals surface area contributed by atoms with Crippen molar-refractivity contribution in [2.24, 2.45) is 5.92 Å². The van der Waals surface area contributed by atoms with Crippen molar-refractivity contribution in [3.05, 3.63) is 29.6 Å². The van der Waals surface area contributed by atoms with Crippen LogP contribution in [0.3, 0.4) is 0 Å². The highest BCUT2D eigenvalue weighted by Crippen LogP contribution is 2.20. The molecule has 1 fully saturated rings. The summed E-state index contributed by atoms with van der Waals surface area (Å²) in [6.45, 7) is 3.18. The van der Waals surface area contributed by atoms with E-state index in [1.165, 1.54) is 5.56 Å². The molecule has 6 nitrogen and oxygen atoms in total. The van der Waals surface area contributed by atoms with Crippen molar-refractivity contribution in [2.75, 3.05) is 25.9 Å². The lowest BCUT2D eigenvalue weighted by atomic mass is 9.92. The number of rotatable bonds is 5. The summed E-state index contributed by atoms with van der Waals surface area (Å²) in [5, 5.41) is 0. The molecule has 0 radical (unpaired) electrons. The third-order valence-corrected chi connectivity index (χ3v) is 4.52. The van der Waals surface area contributed by atoms with E-state index in [0.717, 1.165) is 31.2 Å². The molecule has 7 heteroatoms. The quantitative estimate of drug-likeness (QED) is 0.865. The molecule has 1 saturated heterocycles. The van der Waals surface area contributed by atoms with Gasteiger partial charge >= 0.3 is 0 Å². The van der Waals surface area contributed by atoms with Crippen molar-refractivity contribution < 1.29 is 13.2 Å². The number of aromatic nitrogens is 1. The Balaban J connectivity index is 1.88. The third kappa shape index (κ3) is 5.38. The molecule has 1 unspecified atom stereocenters. The Morgan fingerprint density at radius 2 is 2.23 bits per heavy atom. The zero-order chi connectivity index (χ0) is 16.2. The van der Waals surface area contributed by atoms with Gasteiger partial charge in [-0.2, -0.15) is 0 Å². The van der Waals surface area contributed by atoms with Crippen LogP contribution in [0.1, 0.15) is 24.1 Å². The molecule has 0 saturated carbocycles.